The van der Waals surface area contributed by atoms with E-state index in [0.29, 0.717) is 11.2 Å². The number of fused-ring (bicyclic) bond motifs is 1. The maximum Gasteiger partial charge on any atom is 0.0668 e. The molecule has 0 saturated carbocycles. The average molecular weight is 264 g/mol. The fourth-order valence-corrected chi connectivity index (χ4v) is 4.22. The molecule has 2 aliphatic heterocycles. The van der Waals surface area contributed by atoms with Gasteiger partial charge in [-0.3, -0.25) is 0 Å². The molecule has 1 saturated heterocycles. The monoisotopic (exact) mass is 264 g/mol. The van der Waals surface area contributed by atoms with Gasteiger partial charge in [0.2, 0.25) is 0 Å². The summed E-state index contributed by atoms with van der Waals surface area (Å²) in [7, 11) is 0. The number of ether oxygens (including phenoxy) is 1. The van der Waals surface area contributed by atoms with Crippen molar-refractivity contribution in [1.82, 2.24) is 0 Å². The van der Waals surface area contributed by atoms with Crippen LogP contribution in [0, 0.1) is 5.92 Å². The molecule has 0 radical (unpaired) electrons. The first-order valence-corrected chi connectivity index (χ1v) is 7.71. The SMILES string of the molecule is OC(CC1CCOCC1)C1Cc2ccccc2S1. The lowest BCUT2D eigenvalue weighted by atomic mass is 9.91. The molecule has 1 aromatic carbocycles. The molecule has 3 rings (SSSR count). The van der Waals surface area contributed by atoms with Crippen molar-refractivity contribution in [3.05, 3.63) is 29.8 Å². The molecule has 0 aliphatic carbocycles. The molecule has 0 amide bonds. The van der Waals surface area contributed by atoms with Crippen LogP contribution in [0.5, 0.6) is 0 Å². The quantitative estimate of drug-likeness (QED) is 0.910. The van der Waals surface area contributed by atoms with Gasteiger partial charge >= 0.3 is 0 Å². The Bertz CT molecular complexity index is 376. The Morgan fingerprint density at radius 3 is 2.83 bits per heavy atom. The number of benzene rings is 1. The Labute approximate surface area is 113 Å². The molecule has 2 nitrogen and oxygen atoms in total. The maximum atomic E-state index is 10.4. The second-order valence-electron chi connectivity index (χ2n) is 5.33. The average Bonchev–Trinajstić information content (AvgIpc) is 2.84. The van der Waals surface area contributed by atoms with Crippen LogP contribution < -0.4 is 0 Å². The molecule has 18 heavy (non-hydrogen) atoms. The lowest BCUT2D eigenvalue weighted by Gasteiger charge is -2.26. The zero-order valence-electron chi connectivity index (χ0n) is 10.5. The van der Waals surface area contributed by atoms with Gasteiger partial charge in [-0.15, -0.1) is 11.8 Å². The number of hydrogen-bond donors (Lipinski definition) is 1. The summed E-state index contributed by atoms with van der Waals surface area (Å²) in [6.45, 7) is 1.74. The number of rotatable bonds is 3. The number of thioether (sulfide) groups is 1. The van der Waals surface area contributed by atoms with E-state index in [1.807, 2.05) is 11.8 Å². The van der Waals surface area contributed by atoms with Crippen LogP contribution in [0.1, 0.15) is 24.8 Å². The van der Waals surface area contributed by atoms with Crippen LogP contribution in [0.15, 0.2) is 29.2 Å². The minimum Gasteiger partial charge on any atom is -0.392 e. The molecule has 1 N–H and O–H groups in total. The van der Waals surface area contributed by atoms with Gasteiger partial charge < -0.3 is 9.84 Å². The molecule has 1 fully saturated rings. The molecule has 2 unspecified atom stereocenters. The van der Waals surface area contributed by atoms with Crippen LogP contribution in [0.3, 0.4) is 0 Å². The van der Waals surface area contributed by atoms with Gasteiger partial charge in [-0.2, -0.15) is 0 Å². The predicted octanol–water partition coefficient (Wildman–Crippen LogP) is 2.88. The highest BCUT2D eigenvalue weighted by Crippen LogP contribution is 2.40. The van der Waals surface area contributed by atoms with E-state index in [0.717, 1.165) is 38.9 Å². The van der Waals surface area contributed by atoms with Crippen molar-refractivity contribution in [2.24, 2.45) is 5.92 Å². The van der Waals surface area contributed by atoms with E-state index in [2.05, 4.69) is 24.3 Å². The Balaban J connectivity index is 1.56. The fraction of sp³-hybridized carbons (Fsp3) is 0.600. The summed E-state index contributed by atoms with van der Waals surface area (Å²) in [5.41, 5.74) is 1.40. The summed E-state index contributed by atoms with van der Waals surface area (Å²) in [6.07, 6.45) is 4.01. The van der Waals surface area contributed by atoms with Crippen LogP contribution >= 0.6 is 11.8 Å². The zero-order chi connectivity index (χ0) is 12.4. The topological polar surface area (TPSA) is 29.5 Å². The van der Waals surface area contributed by atoms with Crippen molar-refractivity contribution in [3.8, 4) is 0 Å². The Kier molecular flexibility index (Phi) is 3.92. The van der Waals surface area contributed by atoms with Crippen LogP contribution in [-0.2, 0) is 11.2 Å². The van der Waals surface area contributed by atoms with Gasteiger partial charge in [0, 0.05) is 23.4 Å². The molecular weight excluding hydrogens is 244 g/mol. The summed E-state index contributed by atoms with van der Waals surface area (Å²) in [5, 5.41) is 10.8. The van der Waals surface area contributed by atoms with Crippen molar-refractivity contribution in [2.75, 3.05) is 13.2 Å². The summed E-state index contributed by atoms with van der Waals surface area (Å²) < 4.78 is 5.37. The molecule has 0 aromatic heterocycles. The molecule has 2 atom stereocenters. The van der Waals surface area contributed by atoms with E-state index in [4.69, 9.17) is 4.74 Å². The molecule has 0 bridgehead atoms. The lowest BCUT2D eigenvalue weighted by molar-refractivity contribution is 0.0435. The minimum absolute atomic E-state index is 0.175. The number of aliphatic hydroxyl groups excluding tert-OH is 1. The van der Waals surface area contributed by atoms with Crippen LogP contribution in [0.2, 0.25) is 0 Å². The normalized spacial score (nSPS) is 25.9. The van der Waals surface area contributed by atoms with Crippen molar-refractivity contribution in [3.63, 3.8) is 0 Å². The van der Waals surface area contributed by atoms with E-state index in [9.17, 15) is 5.11 Å². The minimum atomic E-state index is -0.175. The summed E-state index contributed by atoms with van der Waals surface area (Å²) >= 11 is 1.85. The third kappa shape index (κ3) is 2.73. The van der Waals surface area contributed by atoms with Gasteiger partial charge in [-0.1, -0.05) is 18.2 Å². The van der Waals surface area contributed by atoms with Gasteiger partial charge in [-0.25, -0.2) is 0 Å². The molecule has 2 aliphatic rings. The number of aliphatic hydroxyl groups is 1. The fourth-order valence-electron chi connectivity index (χ4n) is 2.90. The second-order valence-corrected chi connectivity index (χ2v) is 6.61. The molecule has 98 valence electrons. The van der Waals surface area contributed by atoms with E-state index < -0.39 is 0 Å². The first-order chi connectivity index (χ1) is 8.83. The summed E-state index contributed by atoms with van der Waals surface area (Å²) in [4.78, 5) is 1.36. The van der Waals surface area contributed by atoms with Crippen LogP contribution in [-0.4, -0.2) is 29.7 Å². The highest BCUT2D eigenvalue weighted by molar-refractivity contribution is 8.00. The standard InChI is InChI=1S/C15H20O2S/c16-13(9-11-5-7-17-8-6-11)15-10-12-3-1-2-4-14(12)18-15/h1-4,11,13,15-16H,5-10H2. The van der Waals surface area contributed by atoms with Gasteiger partial charge in [-0.05, 0) is 43.2 Å². The third-order valence-corrected chi connectivity index (χ3v) is 5.45. The Hall–Kier alpha value is -0.510. The first kappa shape index (κ1) is 12.5. The van der Waals surface area contributed by atoms with E-state index in [1.54, 1.807) is 0 Å². The zero-order valence-corrected chi connectivity index (χ0v) is 11.4. The van der Waals surface area contributed by atoms with Crippen LogP contribution in [0.25, 0.3) is 0 Å². The molecule has 2 heterocycles. The Morgan fingerprint density at radius 2 is 2.06 bits per heavy atom. The largest absolute Gasteiger partial charge is 0.392 e. The molecule has 0 spiro atoms. The predicted molar refractivity (Wildman–Crippen MR) is 74.0 cm³/mol. The molecule has 3 heteroatoms. The highest BCUT2D eigenvalue weighted by atomic mass is 32.2. The van der Waals surface area contributed by atoms with Gasteiger partial charge in [0.15, 0.2) is 0 Å². The van der Waals surface area contributed by atoms with Crippen molar-refractivity contribution >= 4 is 11.8 Å². The van der Waals surface area contributed by atoms with Gasteiger partial charge in [0.25, 0.3) is 0 Å². The smallest absolute Gasteiger partial charge is 0.0668 e. The first-order valence-electron chi connectivity index (χ1n) is 6.83. The van der Waals surface area contributed by atoms with Gasteiger partial charge in [0.05, 0.1) is 6.10 Å². The summed E-state index contributed by atoms with van der Waals surface area (Å²) in [6, 6.07) is 8.52. The molecular formula is C15H20O2S. The van der Waals surface area contributed by atoms with Crippen molar-refractivity contribution in [2.45, 2.75) is 41.9 Å². The van der Waals surface area contributed by atoms with E-state index in [-0.39, 0.29) is 6.10 Å². The van der Waals surface area contributed by atoms with Gasteiger partial charge in [0.1, 0.15) is 0 Å². The summed E-state index contributed by atoms with van der Waals surface area (Å²) in [5.74, 6) is 0.651. The number of hydrogen-bond acceptors (Lipinski definition) is 3. The van der Waals surface area contributed by atoms with Crippen molar-refractivity contribution < 1.29 is 9.84 Å². The van der Waals surface area contributed by atoms with Crippen molar-refractivity contribution in [1.29, 1.82) is 0 Å². The molecule has 1 aromatic rings. The van der Waals surface area contributed by atoms with E-state index in [1.165, 1.54) is 10.5 Å². The maximum absolute atomic E-state index is 10.4. The van der Waals surface area contributed by atoms with E-state index >= 15 is 0 Å². The highest BCUT2D eigenvalue weighted by Gasteiger charge is 2.30. The second kappa shape index (κ2) is 5.64. The van der Waals surface area contributed by atoms with Crippen LogP contribution in [0.4, 0.5) is 0 Å². The lowest BCUT2D eigenvalue weighted by Crippen LogP contribution is -2.28. The Morgan fingerprint density at radius 1 is 1.28 bits per heavy atom. The third-order valence-electron chi connectivity index (χ3n) is 4.02.